The van der Waals surface area contributed by atoms with E-state index in [2.05, 4.69) is 19.9 Å². The lowest BCUT2D eigenvalue weighted by molar-refractivity contribution is 0.591. The topological polar surface area (TPSA) is 85.7 Å². The summed E-state index contributed by atoms with van der Waals surface area (Å²) in [6.07, 6.45) is 6.77. The fourth-order valence-electron chi connectivity index (χ4n) is 6.60. The molecule has 8 aromatic rings. The second-order valence-electron chi connectivity index (χ2n) is 12.2. The third-order valence-corrected chi connectivity index (χ3v) is 15.3. The first-order chi connectivity index (χ1) is 25.6. The molecule has 0 fully saturated rings. The van der Waals surface area contributed by atoms with Gasteiger partial charge >= 0.3 is 0 Å². The maximum Gasteiger partial charge on any atom is 0.171 e. The smallest absolute Gasteiger partial charge is 0.171 e. The molecule has 0 aliphatic heterocycles. The molecule has 0 aliphatic rings. The first-order valence-electron chi connectivity index (χ1n) is 16.8. The highest BCUT2D eigenvalue weighted by atomic mass is 31.2. The molecular formula is C44H32N4O2P2. The SMILES string of the molecule is O=P(c1ccccc1)(c1ccccc1)c1cc(-c2ccc(-c3ncccn3)c(P(=O)(c3ccccc3)c3ccccc3)c2)ccc1-c1ncccn1. The lowest BCUT2D eigenvalue weighted by Crippen LogP contribution is -2.27. The number of hydrogen-bond acceptors (Lipinski definition) is 6. The van der Waals surface area contributed by atoms with Gasteiger partial charge < -0.3 is 9.13 Å². The fraction of sp³-hybridized carbons (Fsp3) is 0. The van der Waals surface area contributed by atoms with Crippen LogP contribution in [0.1, 0.15) is 0 Å². The molecule has 0 saturated carbocycles. The van der Waals surface area contributed by atoms with E-state index in [4.69, 9.17) is 0 Å². The Balaban J connectivity index is 1.42. The van der Waals surface area contributed by atoms with Gasteiger partial charge in [0.05, 0.1) is 0 Å². The van der Waals surface area contributed by atoms with Gasteiger partial charge in [0.25, 0.3) is 0 Å². The van der Waals surface area contributed by atoms with Crippen molar-refractivity contribution in [1.82, 2.24) is 19.9 Å². The van der Waals surface area contributed by atoms with Crippen LogP contribution in [0.3, 0.4) is 0 Å². The zero-order chi connectivity index (χ0) is 35.4. The largest absolute Gasteiger partial charge is 0.309 e. The Bertz CT molecular complexity index is 2290. The molecule has 0 spiro atoms. The van der Waals surface area contributed by atoms with Gasteiger partial charge in [0.2, 0.25) is 0 Å². The summed E-state index contributed by atoms with van der Waals surface area (Å²) >= 11 is 0. The van der Waals surface area contributed by atoms with E-state index in [-0.39, 0.29) is 0 Å². The Hall–Kier alpha value is -6.06. The lowest BCUT2D eigenvalue weighted by Gasteiger charge is -2.24. The molecule has 0 unspecified atom stereocenters. The predicted molar refractivity (Wildman–Crippen MR) is 213 cm³/mol. The molecule has 0 radical (unpaired) electrons. The van der Waals surface area contributed by atoms with E-state index >= 15 is 9.13 Å². The molecule has 0 atom stereocenters. The zero-order valence-electron chi connectivity index (χ0n) is 28.0. The molecule has 6 aromatic carbocycles. The summed E-state index contributed by atoms with van der Waals surface area (Å²) in [6.45, 7) is 0. The van der Waals surface area contributed by atoms with E-state index in [0.717, 1.165) is 11.1 Å². The number of hydrogen-bond donors (Lipinski definition) is 0. The average Bonchev–Trinajstić information content (AvgIpc) is 3.24. The van der Waals surface area contributed by atoms with Crippen LogP contribution < -0.4 is 31.8 Å². The Labute approximate surface area is 302 Å². The number of aromatic nitrogens is 4. The van der Waals surface area contributed by atoms with Crippen molar-refractivity contribution in [3.8, 4) is 33.9 Å². The van der Waals surface area contributed by atoms with Crippen molar-refractivity contribution in [3.63, 3.8) is 0 Å². The summed E-state index contributed by atoms with van der Waals surface area (Å²) in [5, 5.41) is 4.02. The summed E-state index contributed by atoms with van der Waals surface area (Å²) in [4.78, 5) is 18.4. The fourth-order valence-corrected chi connectivity index (χ4v) is 12.4. The highest BCUT2D eigenvalue weighted by molar-refractivity contribution is 7.86. The van der Waals surface area contributed by atoms with Crippen molar-refractivity contribution < 1.29 is 9.13 Å². The Morgan fingerprint density at radius 2 is 0.615 bits per heavy atom. The van der Waals surface area contributed by atoms with Crippen LogP contribution in [0.15, 0.2) is 195 Å². The Morgan fingerprint density at radius 3 is 0.904 bits per heavy atom. The molecule has 0 N–H and O–H groups in total. The maximum atomic E-state index is 15.9. The van der Waals surface area contributed by atoms with E-state index in [1.165, 1.54) is 0 Å². The average molecular weight is 711 g/mol. The molecule has 250 valence electrons. The molecule has 0 bridgehead atoms. The number of rotatable bonds is 9. The number of benzene rings is 6. The molecular weight excluding hydrogens is 678 g/mol. The molecule has 2 aromatic heterocycles. The summed E-state index contributed by atoms with van der Waals surface area (Å²) in [6, 6.07) is 53.7. The van der Waals surface area contributed by atoms with Crippen molar-refractivity contribution in [2.45, 2.75) is 0 Å². The predicted octanol–water partition coefficient (Wildman–Crippen LogP) is 7.55. The first-order valence-corrected chi connectivity index (χ1v) is 20.2. The van der Waals surface area contributed by atoms with E-state index in [1.807, 2.05) is 158 Å². The second kappa shape index (κ2) is 14.3. The summed E-state index contributed by atoms with van der Waals surface area (Å²) in [7, 11) is -6.96. The molecule has 0 saturated heterocycles. The Kier molecular flexibility index (Phi) is 9.09. The molecule has 8 rings (SSSR count). The van der Waals surface area contributed by atoms with Crippen LogP contribution in [0.2, 0.25) is 0 Å². The summed E-state index contributed by atoms with van der Waals surface area (Å²) in [5.74, 6) is 0.956. The maximum absolute atomic E-state index is 15.9. The van der Waals surface area contributed by atoms with Crippen molar-refractivity contribution in [3.05, 3.63) is 195 Å². The third kappa shape index (κ3) is 6.03. The molecule has 0 amide bonds. The first kappa shape index (κ1) is 33.1. The van der Waals surface area contributed by atoms with Crippen LogP contribution in [0.25, 0.3) is 33.9 Å². The molecule has 8 heteroatoms. The number of nitrogens with zero attached hydrogens (tertiary/aromatic N) is 4. The van der Waals surface area contributed by atoms with E-state index < -0.39 is 14.3 Å². The van der Waals surface area contributed by atoms with Gasteiger partial charge in [-0.15, -0.1) is 0 Å². The van der Waals surface area contributed by atoms with E-state index in [9.17, 15) is 0 Å². The molecule has 2 heterocycles. The van der Waals surface area contributed by atoms with Crippen LogP contribution in [0.4, 0.5) is 0 Å². The van der Waals surface area contributed by atoms with Crippen LogP contribution in [0.5, 0.6) is 0 Å². The van der Waals surface area contributed by atoms with Crippen molar-refractivity contribution >= 4 is 46.1 Å². The van der Waals surface area contributed by atoms with Gasteiger partial charge in [-0.3, -0.25) is 0 Å². The van der Waals surface area contributed by atoms with Crippen molar-refractivity contribution in [2.24, 2.45) is 0 Å². The summed E-state index contributed by atoms with van der Waals surface area (Å²) in [5.41, 5.74) is 2.95. The zero-order valence-corrected chi connectivity index (χ0v) is 29.8. The highest BCUT2D eigenvalue weighted by Gasteiger charge is 2.35. The van der Waals surface area contributed by atoms with Crippen molar-refractivity contribution in [2.75, 3.05) is 0 Å². The molecule has 52 heavy (non-hydrogen) atoms. The monoisotopic (exact) mass is 710 g/mol. The Morgan fingerprint density at radius 1 is 0.327 bits per heavy atom. The van der Waals surface area contributed by atoms with Crippen LogP contribution in [0, 0.1) is 0 Å². The lowest BCUT2D eigenvalue weighted by atomic mass is 10.0. The van der Waals surface area contributed by atoms with Gasteiger partial charge in [-0.25, -0.2) is 19.9 Å². The molecule has 0 aliphatic carbocycles. The summed E-state index contributed by atoms with van der Waals surface area (Å²) < 4.78 is 31.8. The van der Waals surface area contributed by atoms with E-state index in [1.54, 1.807) is 36.9 Å². The quantitative estimate of drug-likeness (QED) is 0.144. The van der Waals surface area contributed by atoms with E-state index in [0.29, 0.717) is 54.6 Å². The minimum Gasteiger partial charge on any atom is -0.309 e. The van der Waals surface area contributed by atoms with Gasteiger partial charge in [-0.2, -0.15) is 0 Å². The second-order valence-corrected chi connectivity index (χ2v) is 17.6. The molecule has 6 nitrogen and oxygen atoms in total. The minimum absolute atomic E-state index is 0.478. The normalized spacial score (nSPS) is 11.6. The van der Waals surface area contributed by atoms with Crippen molar-refractivity contribution in [1.29, 1.82) is 0 Å². The van der Waals surface area contributed by atoms with Gasteiger partial charge in [-0.1, -0.05) is 133 Å². The third-order valence-electron chi connectivity index (χ3n) is 9.10. The highest BCUT2D eigenvalue weighted by Crippen LogP contribution is 2.48. The minimum atomic E-state index is -3.48. The van der Waals surface area contributed by atoms with Crippen LogP contribution in [-0.4, -0.2) is 19.9 Å². The van der Waals surface area contributed by atoms with Gasteiger partial charge in [0.15, 0.2) is 25.9 Å². The van der Waals surface area contributed by atoms with Gasteiger partial charge in [0, 0.05) is 67.7 Å². The van der Waals surface area contributed by atoms with Crippen LogP contribution >= 0.6 is 14.3 Å². The standard InChI is InChI=1S/C44H32N4O2P2/c49-51(35-15-5-1-6-16-35,36-17-7-2-8-18-36)41-31-33(23-25-39(41)43-45-27-13-28-46-43)34-24-26-40(44-47-29-14-30-48-44)42(32-34)52(50,37-19-9-3-10-20-37)38-21-11-4-12-22-38/h1-32H. The van der Waals surface area contributed by atoms with Gasteiger partial charge in [-0.05, 0) is 47.5 Å². The van der Waals surface area contributed by atoms with Gasteiger partial charge in [0.1, 0.15) is 0 Å². The van der Waals surface area contributed by atoms with Crippen LogP contribution in [-0.2, 0) is 9.13 Å².